The Kier molecular flexibility index (Phi) is 6.77. The van der Waals surface area contributed by atoms with Crippen molar-refractivity contribution in [3.05, 3.63) is 65.1 Å². The average Bonchev–Trinajstić information content (AvgIpc) is 2.72. The van der Waals surface area contributed by atoms with Crippen molar-refractivity contribution in [3.8, 4) is 17.4 Å². The van der Waals surface area contributed by atoms with E-state index in [4.69, 9.17) is 14.3 Å². The average molecular weight is 498 g/mol. The molecule has 8 nitrogen and oxygen atoms in total. The van der Waals surface area contributed by atoms with Crippen LogP contribution in [0.2, 0.25) is 0 Å². The van der Waals surface area contributed by atoms with E-state index in [2.05, 4.69) is 15.5 Å². The molecule has 1 unspecified atom stereocenters. The van der Waals surface area contributed by atoms with Crippen LogP contribution in [0.15, 0.2) is 47.4 Å². The van der Waals surface area contributed by atoms with E-state index < -0.39 is 50.3 Å². The first-order valence-electron chi connectivity index (χ1n) is 9.43. The molecule has 0 fully saturated rings. The second kappa shape index (κ2) is 9.25. The number of nitrogens with one attached hydrogen (secondary N) is 2. The molecule has 0 aliphatic carbocycles. The molecule has 2 aromatic carbocycles. The number of amides is 1. The lowest BCUT2D eigenvalue weighted by molar-refractivity contribution is -0.142. The highest BCUT2D eigenvalue weighted by Gasteiger charge is 2.38. The highest BCUT2D eigenvalue weighted by Crippen LogP contribution is 2.38. The predicted molar refractivity (Wildman–Crippen MR) is 114 cm³/mol. The lowest BCUT2D eigenvalue weighted by Crippen LogP contribution is -2.21. The molecule has 2 N–H and O–H groups in total. The van der Waals surface area contributed by atoms with E-state index in [0.29, 0.717) is 0 Å². The minimum atomic E-state index is -4.92. The Morgan fingerprint density at radius 2 is 1.82 bits per heavy atom. The minimum Gasteiger partial charge on any atom is -0.490 e. The summed E-state index contributed by atoms with van der Waals surface area (Å²) < 4.78 is 84.4. The van der Waals surface area contributed by atoms with Crippen molar-refractivity contribution in [1.29, 1.82) is 4.78 Å². The smallest absolute Gasteiger partial charge is 0.435 e. The number of hydrogen-bond donors (Lipinski definition) is 2. The van der Waals surface area contributed by atoms with Crippen LogP contribution in [0.1, 0.15) is 21.6 Å². The molecular weight excluding hydrogens is 480 g/mol. The van der Waals surface area contributed by atoms with Crippen molar-refractivity contribution in [2.75, 3.05) is 18.7 Å². The summed E-state index contributed by atoms with van der Waals surface area (Å²) in [5, 5.41) is 8.95. The number of carbonyl (C=O) groups is 1. The number of rotatable bonds is 6. The van der Waals surface area contributed by atoms with Crippen LogP contribution in [0.5, 0.6) is 17.4 Å². The number of carbonyl (C=O) groups excluding carboxylic acids is 1. The standard InChI is InChI=1S/C21H18F4N4O4S/c1-11-16(19(30)27-12-6-4-7-13(10-12)34(3,26)31)20(29-28-18(11)21(23,24)25)33-15-9-5-8-14(22)17(15)32-2/h4-10,26H,1-3H3,(H,27,30). The molecule has 1 heterocycles. The molecule has 0 aliphatic heterocycles. The third-order valence-electron chi connectivity index (χ3n) is 4.56. The van der Waals surface area contributed by atoms with Gasteiger partial charge in [-0.15, -0.1) is 10.2 Å². The Labute approximate surface area is 191 Å². The fourth-order valence-corrected chi connectivity index (χ4v) is 3.68. The fraction of sp³-hybridized carbons (Fsp3) is 0.190. The summed E-state index contributed by atoms with van der Waals surface area (Å²) in [4.78, 5) is 13.2. The maximum absolute atomic E-state index is 14.0. The number of hydrogen-bond acceptors (Lipinski definition) is 7. The zero-order valence-corrected chi connectivity index (χ0v) is 18.8. The normalized spacial score (nSPS) is 13.1. The van der Waals surface area contributed by atoms with Crippen LogP contribution in [0.25, 0.3) is 0 Å². The number of benzene rings is 2. The van der Waals surface area contributed by atoms with E-state index in [1.807, 2.05) is 0 Å². The van der Waals surface area contributed by atoms with Crippen molar-refractivity contribution in [2.24, 2.45) is 0 Å². The Morgan fingerprint density at radius 1 is 1.15 bits per heavy atom. The molecule has 0 spiro atoms. The Bertz CT molecular complexity index is 1360. The third kappa shape index (κ3) is 5.25. The summed E-state index contributed by atoms with van der Waals surface area (Å²) in [6.07, 6.45) is -3.74. The number of alkyl halides is 3. The summed E-state index contributed by atoms with van der Waals surface area (Å²) >= 11 is 0. The van der Waals surface area contributed by atoms with E-state index in [0.717, 1.165) is 20.1 Å². The first-order chi connectivity index (χ1) is 15.8. The van der Waals surface area contributed by atoms with Gasteiger partial charge in [0, 0.05) is 16.8 Å². The number of para-hydroxylation sites is 1. The van der Waals surface area contributed by atoms with Crippen molar-refractivity contribution in [2.45, 2.75) is 18.0 Å². The largest absolute Gasteiger partial charge is 0.490 e. The Balaban J connectivity index is 2.11. The van der Waals surface area contributed by atoms with Gasteiger partial charge in [-0.2, -0.15) is 13.2 Å². The highest BCUT2D eigenvalue weighted by molar-refractivity contribution is 7.91. The SMILES string of the molecule is COc1c(F)cccc1Oc1nnc(C(F)(F)F)c(C)c1C(=O)Nc1cccc(S(C)(=N)=O)c1. The van der Waals surface area contributed by atoms with Crippen LogP contribution in [0, 0.1) is 17.5 Å². The molecule has 0 aliphatic rings. The van der Waals surface area contributed by atoms with E-state index >= 15 is 0 Å². The number of nitrogens with zero attached hydrogens (tertiary/aromatic N) is 2. The van der Waals surface area contributed by atoms with Gasteiger partial charge in [-0.1, -0.05) is 12.1 Å². The first-order valence-corrected chi connectivity index (χ1v) is 11.4. The molecule has 0 radical (unpaired) electrons. The fourth-order valence-electron chi connectivity index (χ4n) is 2.99. The lowest BCUT2D eigenvalue weighted by Gasteiger charge is -2.17. The van der Waals surface area contributed by atoms with Crippen LogP contribution in [0.3, 0.4) is 0 Å². The molecule has 1 aromatic heterocycles. The Morgan fingerprint density at radius 3 is 2.44 bits per heavy atom. The molecular formula is C21H18F4N4O4S. The minimum absolute atomic E-state index is 0.0726. The summed E-state index contributed by atoms with van der Waals surface area (Å²) in [6, 6.07) is 9.12. The number of anilines is 1. The van der Waals surface area contributed by atoms with Gasteiger partial charge in [-0.3, -0.25) is 4.79 Å². The first kappa shape index (κ1) is 24.9. The maximum Gasteiger partial charge on any atom is 0.435 e. The molecule has 0 saturated heterocycles. The zero-order chi connectivity index (χ0) is 25.3. The van der Waals surface area contributed by atoms with E-state index in [1.54, 1.807) is 0 Å². The Hall–Kier alpha value is -3.74. The van der Waals surface area contributed by atoms with E-state index in [-0.39, 0.29) is 22.1 Å². The van der Waals surface area contributed by atoms with Crippen molar-refractivity contribution >= 4 is 21.3 Å². The maximum atomic E-state index is 14.0. The van der Waals surface area contributed by atoms with Crippen molar-refractivity contribution < 1.29 is 36.0 Å². The highest BCUT2D eigenvalue weighted by atomic mass is 32.2. The molecule has 13 heteroatoms. The zero-order valence-electron chi connectivity index (χ0n) is 18.0. The molecule has 3 rings (SSSR count). The summed E-state index contributed by atoms with van der Waals surface area (Å²) in [7, 11) is -1.96. The third-order valence-corrected chi connectivity index (χ3v) is 5.72. The van der Waals surface area contributed by atoms with Crippen molar-refractivity contribution in [3.63, 3.8) is 0 Å². The second-order valence-electron chi connectivity index (χ2n) is 7.05. The van der Waals surface area contributed by atoms with Gasteiger partial charge >= 0.3 is 6.18 Å². The molecule has 180 valence electrons. The predicted octanol–water partition coefficient (Wildman–Crippen LogP) is 5.03. The number of aromatic nitrogens is 2. The van der Waals surface area contributed by atoms with Gasteiger partial charge in [-0.05, 0) is 42.8 Å². The van der Waals surface area contributed by atoms with Gasteiger partial charge in [0.1, 0.15) is 5.56 Å². The van der Waals surface area contributed by atoms with Crippen molar-refractivity contribution in [1.82, 2.24) is 10.2 Å². The quantitative estimate of drug-likeness (QED) is 0.461. The van der Waals surface area contributed by atoms with Gasteiger partial charge in [0.25, 0.3) is 11.8 Å². The number of methoxy groups -OCH3 is 1. The summed E-state index contributed by atoms with van der Waals surface area (Å²) in [5.74, 6) is -3.07. The van der Waals surface area contributed by atoms with Crippen LogP contribution in [-0.2, 0) is 15.9 Å². The molecule has 1 atom stereocenters. The molecule has 0 saturated carbocycles. The number of halogens is 4. The van der Waals surface area contributed by atoms with Gasteiger partial charge in [0.05, 0.1) is 16.8 Å². The topological polar surface area (TPSA) is 114 Å². The monoisotopic (exact) mass is 498 g/mol. The second-order valence-corrected chi connectivity index (χ2v) is 9.21. The molecule has 34 heavy (non-hydrogen) atoms. The van der Waals surface area contributed by atoms with Crippen LogP contribution < -0.4 is 14.8 Å². The number of ether oxygens (including phenoxy) is 2. The van der Waals surface area contributed by atoms with Crippen LogP contribution in [-0.4, -0.2) is 33.7 Å². The summed E-state index contributed by atoms with van der Waals surface area (Å²) in [5.41, 5.74) is -2.53. The summed E-state index contributed by atoms with van der Waals surface area (Å²) in [6.45, 7) is 1.02. The molecule has 3 aromatic rings. The van der Waals surface area contributed by atoms with Crippen LogP contribution >= 0.6 is 0 Å². The lowest BCUT2D eigenvalue weighted by atomic mass is 10.1. The van der Waals surface area contributed by atoms with Crippen LogP contribution in [0.4, 0.5) is 23.2 Å². The van der Waals surface area contributed by atoms with Gasteiger partial charge in [0.15, 0.2) is 23.0 Å². The van der Waals surface area contributed by atoms with Gasteiger partial charge in [-0.25, -0.2) is 13.4 Å². The van der Waals surface area contributed by atoms with Gasteiger partial charge < -0.3 is 14.8 Å². The van der Waals surface area contributed by atoms with E-state index in [1.165, 1.54) is 42.7 Å². The molecule has 0 bridgehead atoms. The van der Waals surface area contributed by atoms with E-state index in [9.17, 15) is 26.6 Å². The molecule has 1 amide bonds. The van der Waals surface area contributed by atoms with Gasteiger partial charge in [0.2, 0.25) is 0 Å².